The molecule has 6 heteroatoms. The minimum atomic E-state index is -0.836. The van der Waals surface area contributed by atoms with Crippen LogP contribution in [-0.4, -0.2) is 38.1 Å². The Morgan fingerprint density at radius 3 is 2.95 bits per heavy atom. The Morgan fingerprint density at radius 2 is 2.19 bits per heavy atom. The number of nitrogens with zero attached hydrogens (tertiary/aromatic N) is 4. The van der Waals surface area contributed by atoms with Gasteiger partial charge in [-0.1, -0.05) is 13.3 Å². The number of carboxylic acid groups (broad SMARTS) is 1. The Bertz CT molecular complexity index is 676. The van der Waals surface area contributed by atoms with E-state index in [1.165, 1.54) is 0 Å². The molecule has 110 valence electrons. The first-order chi connectivity index (χ1) is 10.2. The molecular formula is C15H18N4O2. The fourth-order valence-corrected chi connectivity index (χ4v) is 3.21. The number of carbonyl (C=O) groups is 1. The van der Waals surface area contributed by atoms with Crippen LogP contribution in [0.2, 0.25) is 0 Å². The van der Waals surface area contributed by atoms with Crippen LogP contribution in [0.3, 0.4) is 0 Å². The molecule has 0 saturated carbocycles. The summed E-state index contributed by atoms with van der Waals surface area (Å²) in [4.78, 5) is 26.7. The Morgan fingerprint density at radius 1 is 1.38 bits per heavy atom. The molecular weight excluding hydrogens is 268 g/mol. The van der Waals surface area contributed by atoms with E-state index < -0.39 is 11.5 Å². The second-order valence-electron chi connectivity index (χ2n) is 5.41. The molecule has 1 aliphatic heterocycles. The highest BCUT2D eigenvalue weighted by molar-refractivity contribution is 5.84. The van der Waals surface area contributed by atoms with Crippen LogP contribution in [-0.2, 0) is 4.79 Å². The highest BCUT2D eigenvalue weighted by Gasteiger charge is 2.47. The molecule has 0 spiro atoms. The van der Waals surface area contributed by atoms with Gasteiger partial charge in [-0.3, -0.25) is 4.98 Å². The number of anilines is 1. The van der Waals surface area contributed by atoms with Crippen molar-refractivity contribution in [2.75, 3.05) is 11.4 Å². The van der Waals surface area contributed by atoms with Crippen LogP contribution in [0.15, 0.2) is 24.5 Å². The van der Waals surface area contributed by atoms with E-state index in [9.17, 15) is 9.90 Å². The lowest BCUT2D eigenvalue weighted by Gasteiger charge is -2.35. The summed E-state index contributed by atoms with van der Waals surface area (Å²) in [6, 6.07) is 3.69. The molecule has 1 unspecified atom stereocenters. The van der Waals surface area contributed by atoms with Gasteiger partial charge in [-0.05, 0) is 31.4 Å². The lowest BCUT2D eigenvalue weighted by molar-refractivity contribution is -0.143. The van der Waals surface area contributed by atoms with E-state index in [1.54, 1.807) is 12.4 Å². The van der Waals surface area contributed by atoms with Gasteiger partial charge in [-0.25, -0.2) is 14.8 Å². The predicted molar refractivity (Wildman–Crippen MR) is 79.2 cm³/mol. The van der Waals surface area contributed by atoms with Crippen molar-refractivity contribution in [3.8, 4) is 0 Å². The average Bonchev–Trinajstić information content (AvgIpc) is 2.92. The van der Waals surface area contributed by atoms with Gasteiger partial charge in [0.15, 0.2) is 5.65 Å². The zero-order valence-corrected chi connectivity index (χ0v) is 12.0. The van der Waals surface area contributed by atoms with Crippen LogP contribution in [0, 0.1) is 0 Å². The highest BCUT2D eigenvalue weighted by Crippen LogP contribution is 2.37. The van der Waals surface area contributed by atoms with Gasteiger partial charge in [0.05, 0.1) is 0 Å². The summed E-state index contributed by atoms with van der Waals surface area (Å²) < 4.78 is 0. The van der Waals surface area contributed by atoms with Crippen molar-refractivity contribution >= 4 is 23.0 Å². The number of pyridine rings is 1. The first kappa shape index (κ1) is 13.7. The van der Waals surface area contributed by atoms with Gasteiger partial charge >= 0.3 is 5.97 Å². The molecule has 3 rings (SSSR count). The van der Waals surface area contributed by atoms with Crippen LogP contribution < -0.4 is 4.90 Å². The van der Waals surface area contributed by atoms with Gasteiger partial charge in [0, 0.05) is 18.9 Å². The maximum atomic E-state index is 11.9. The van der Waals surface area contributed by atoms with Crippen LogP contribution in [0.1, 0.15) is 32.6 Å². The maximum Gasteiger partial charge on any atom is 0.329 e. The van der Waals surface area contributed by atoms with Crippen molar-refractivity contribution in [3.05, 3.63) is 24.5 Å². The molecule has 1 saturated heterocycles. The summed E-state index contributed by atoms with van der Waals surface area (Å²) in [6.07, 6.45) is 6.21. The van der Waals surface area contributed by atoms with E-state index in [-0.39, 0.29) is 0 Å². The van der Waals surface area contributed by atoms with Gasteiger partial charge in [-0.2, -0.15) is 0 Å². The first-order valence-corrected chi connectivity index (χ1v) is 7.26. The van der Waals surface area contributed by atoms with Crippen molar-refractivity contribution in [1.29, 1.82) is 0 Å². The number of fused-ring (bicyclic) bond motifs is 1. The monoisotopic (exact) mass is 286 g/mol. The number of aliphatic carboxylic acids is 1. The molecule has 0 aromatic carbocycles. The van der Waals surface area contributed by atoms with Gasteiger partial charge < -0.3 is 10.0 Å². The van der Waals surface area contributed by atoms with Crippen LogP contribution in [0.4, 0.5) is 5.82 Å². The molecule has 3 heterocycles. The minimum Gasteiger partial charge on any atom is -0.479 e. The maximum absolute atomic E-state index is 11.9. The van der Waals surface area contributed by atoms with Crippen molar-refractivity contribution in [2.24, 2.45) is 0 Å². The van der Waals surface area contributed by atoms with Crippen molar-refractivity contribution in [2.45, 2.75) is 38.1 Å². The number of hydrogen-bond donors (Lipinski definition) is 1. The summed E-state index contributed by atoms with van der Waals surface area (Å²) >= 11 is 0. The number of hydrogen-bond acceptors (Lipinski definition) is 5. The number of rotatable bonds is 4. The Kier molecular flexibility index (Phi) is 3.45. The van der Waals surface area contributed by atoms with Crippen molar-refractivity contribution < 1.29 is 9.90 Å². The van der Waals surface area contributed by atoms with Crippen LogP contribution in [0.5, 0.6) is 0 Å². The molecule has 21 heavy (non-hydrogen) atoms. The summed E-state index contributed by atoms with van der Waals surface area (Å²) in [5.41, 5.74) is 0.437. The predicted octanol–water partition coefficient (Wildman–Crippen LogP) is 2.25. The summed E-state index contributed by atoms with van der Waals surface area (Å²) in [7, 11) is 0. The van der Waals surface area contributed by atoms with E-state index in [0.29, 0.717) is 30.9 Å². The van der Waals surface area contributed by atoms with Crippen LogP contribution in [0.25, 0.3) is 11.2 Å². The van der Waals surface area contributed by atoms with Crippen LogP contribution >= 0.6 is 0 Å². The Balaban J connectivity index is 2.05. The third-order valence-corrected chi connectivity index (χ3v) is 4.14. The zero-order valence-electron chi connectivity index (χ0n) is 12.0. The summed E-state index contributed by atoms with van der Waals surface area (Å²) in [6.45, 7) is 2.73. The van der Waals surface area contributed by atoms with Gasteiger partial charge in [0.1, 0.15) is 16.9 Å². The second-order valence-corrected chi connectivity index (χ2v) is 5.41. The third kappa shape index (κ3) is 2.20. The number of aromatic nitrogens is 3. The summed E-state index contributed by atoms with van der Waals surface area (Å²) in [5, 5.41) is 9.74. The van der Waals surface area contributed by atoms with E-state index >= 15 is 0 Å². The van der Waals surface area contributed by atoms with Gasteiger partial charge in [-0.15, -0.1) is 0 Å². The third-order valence-electron chi connectivity index (χ3n) is 4.14. The largest absolute Gasteiger partial charge is 0.479 e. The quantitative estimate of drug-likeness (QED) is 0.928. The van der Waals surface area contributed by atoms with E-state index in [0.717, 1.165) is 18.4 Å². The SMILES string of the molecule is CCCC1(C(=O)O)CCCN1c1ccc2nccnc2n1. The van der Waals surface area contributed by atoms with E-state index in [4.69, 9.17) is 0 Å². The Labute approximate surface area is 122 Å². The van der Waals surface area contributed by atoms with Crippen molar-refractivity contribution in [3.63, 3.8) is 0 Å². The molecule has 1 atom stereocenters. The second kappa shape index (κ2) is 5.27. The van der Waals surface area contributed by atoms with Gasteiger partial charge in [0.2, 0.25) is 0 Å². The zero-order chi connectivity index (χ0) is 14.9. The minimum absolute atomic E-state index is 0.553. The molecule has 1 aliphatic rings. The molecule has 2 aromatic heterocycles. The lowest BCUT2D eigenvalue weighted by Crippen LogP contribution is -2.51. The molecule has 2 aromatic rings. The normalized spacial score (nSPS) is 21.9. The lowest BCUT2D eigenvalue weighted by atomic mass is 9.90. The average molecular weight is 286 g/mol. The Hall–Kier alpha value is -2.24. The summed E-state index contributed by atoms with van der Waals surface area (Å²) in [5.74, 6) is -0.0840. The molecule has 0 bridgehead atoms. The molecule has 0 amide bonds. The molecule has 6 nitrogen and oxygen atoms in total. The fourth-order valence-electron chi connectivity index (χ4n) is 3.21. The standard InChI is InChI=1S/C15H18N4O2/c1-2-6-15(14(20)21)7-3-10-19(15)12-5-4-11-13(18-12)17-9-8-16-11/h4-5,8-9H,2-3,6-7,10H2,1H3,(H,20,21). The fraction of sp³-hybridized carbons (Fsp3) is 0.467. The van der Waals surface area contributed by atoms with Crippen molar-refractivity contribution in [1.82, 2.24) is 15.0 Å². The van der Waals surface area contributed by atoms with E-state index in [1.807, 2.05) is 24.0 Å². The molecule has 1 N–H and O–H groups in total. The van der Waals surface area contributed by atoms with Gasteiger partial charge in [0.25, 0.3) is 0 Å². The molecule has 0 radical (unpaired) electrons. The number of carboxylic acids is 1. The van der Waals surface area contributed by atoms with E-state index in [2.05, 4.69) is 15.0 Å². The highest BCUT2D eigenvalue weighted by atomic mass is 16.4. The topological polar surface area (TPSA) is 79.2 Å². The smallest absolute Gasteiger partial charge is 0.329 e. The molecule has 1 fully saturated rings. The first-order valence-electron chi connectivity index (χ1n) is 7.26. The molecule has 0 aliphatic carbocycles.